The van der Waals surface area contributed by atoms with E-state index in [1.165, 1.54) is 0 Å². The number of aryl methyl sites for hydroxylation is 1. The van der Waals surface area contributed by atoms with Crippen molar-refractivity contribution < 1.29 is 0 Å². The third-order valence-corrected chi connectivity index (χ3v) is 2.95. The SMILES string of the molecule is CNCc1nc(C)cc(-c2ccc3nc[nH]c3c2)n1. The smallest absolute Gasteiger partial charge is 0.143 e. The van der Waals surface area contributed by atoms with Gasteiger partial charge >= 0.3 is 0 Å². The molecule has 0 fully saturated rings. The van der Waals surface area contributed by atoms with E-state index in [1.54, 1.807) is 6.33 Å². The Kier molecular flexibility index (Phi) is 2.97. The van der Waals surface area contributed by atoms with E-state index in [0.717, 1.165) is 33.8 Å². The number of nitrogens with zero attached hydrogens (tertiary/aromatic N) is 3. The zero-order chi connectivity index (χ0) is 13.2. The van der Waals surface area contributed by atoms with Gasteiger partial charge in [0.05, 0.1) is 29.6 Å². The molecule has 3 rings (SSSR count). The maximum atomic E-state index is 4.58. The third-order valence-electron chi connectivity index (χ3n) is 2.95. The summed E-state index contributed by atoms with van der Waals surface area (Å²) in [7, 11) is 1.89. The molecule has 0 amide bonds. The predicted molar refractivity (Wildman–Crippen MR) is 74.6 cm³/mol. The molecule has 2 heterocycles. The second-order valence-corrected chi connectivity index (χ2v) is 4.48. The summed E-state index contributed by atoms with van der Waals surface area (Å²) in [6, 6.07) is 8.09. The van der Waals surface area contributed by atoms with Crippen LogP contribution >= 0.6 is 0 Å². The fourth-order valence-electron chi connectivity index (χ4n) is 2.11. The van der Waals surface area contributed by atoms with Crippen molar-refractivity contribution in [1.82, 2.24) is 25.3 Å². The number of H-pyrrole nitrogens is 1. The lowest BCUT2D eigenvalue weighted by molar-refractivity contribution is 0.754. The minimum atomic E-state index is 0.668. The second-order valence-electron chi connectivity index (χ2n) is 4.48. The highest BCUT2D eigenvalue weighted by atomic mass is 15.0. The molecule has 0 atom stereocenters. The average molecular weight is 253 g/mol. The van der Waals surface area contributed by atoms with Crippen LogP contribution in [0.3, 0.4) is 0 Å². The lowest BCUT2D eigenvalue weighted by Crippen LogP contribution is -2.10. The minimum absolute atomic E-state index is 0.668. The molecule has 0 aliphatic heterocycles. The van der Waals surface area contributed by atoms with E-state index in [4.69, 9.17) is 0 Å². The number of hydrogen-bond acceptors (Lipinski definition) is 4. The molecule has 96 valence electrons. The molecule has 19 heavy (non-hydrogen) atoms. The van der Waals surface area contributed by atoms with Crippen molar-refractivity contribution in [3.05, 3.63) is 42.1 Å². The van der Waals surface area contributed by atoms with Crippen LogP contribution in [0.1, 0.15) is 11.5 Å². The van der Waals surface area contributed by atoms with Gasteiger partial charge in [0.2, 0.25) is 0 Å². The molecular formula is C14H15N5. The number of aromatic amines is 1. The Hall–Kier alpha value is -2.27. The Morgan fingerprint density at radius 3 is 2.95 bits per heavy atom. The molecule has 0 radical (unpaired) electrons. The van der Waals surface area contributed by atoms with Crippen molar-refractivity contribution in [2.45, 2.75) is 13.5 Å². The maximum Gasteiger partial charge on any atom is 0.143 e. The second kappa shape index (κ2) is 4.78. The molecule has 1 aromatic carbocycles. The zero-order valence-corrected chi connectivity index (χ0v) is 10.9. The van der Waals surface area contributed by atoms with E-state index in [1.807, 2.05) is 32.2 Å². The Bertz CT molecular complexity index is 717. The average Bonchev–Trinajstić information content (AvgIpc) is 2.85. The largest absolute Gasteiger partial charge is 0.345 e. The van der Waals surface area contributed by atoms with Crippen LogP contribution in [0.5, 0.6) is 0 Å². The topological polar surface area (TPSA) is 66.5 Å². The summed E-state index contributed by atoms with van der Waals surface area (Å²) in [5, 5.41) is 3.07. The first-order valence-corrected chi connectivity index (χ1v) is 6.19. The Balaban J connectivity index is 2.09. The van der Waals surface area contributed by atoms with Crippen molar-refractivity contribution >= 4 is 11.0 Å². The molecule has 0 aliphatic rings. The Morgan fingerprint density at radius 1 is 1.21 bits per heavy atom. The first kappa shape index (κ1) is 11.8. The van der Waals surface area contributed by atoms with Crippen LogP contribution < -0.4 is 5.32 Å². The van der Waals surface area contributed by atoms with Gasteiger partial charge in [0, 0.05) is 11.3 Å². The molecule has 3 aromatic rings. The third kappa shape index (κ3) is 2.32. The maximum absolute atomic E-state index is 4.58. The van der Waals surface area contributed by atoms with Gasteiger partial charge < -0.3 is 10.3 Å². The van der Waals surface area contributed by atoms with E-state index in [2.05, 4.69) is 31.3 Å². The normalized spacial score (nSPS) is 11.1. The molecule has 0 saturated carbocycles. The van der Waals surface area contributed by atoms with Crippen LogP contribution in [0.25, 0.3) is 22.3 Å². The van der Waals surface area contributed by atoms with Gasteiger partial charge in [0.25, 0.3) is 0 Å². The zero-order valence-electron chi connectivity index (χ0n) is 10.9. The van der Waals surface area contributed by atoms with Gasteiger partial charge in [-0.15, -0.1) is 0 Å². The molecule has 0 saturated heterocycles. The highest BCUT2D eigenvalue weighted by Gasteiger charge is 2.06. The van der Waals surface area contributed by atoms with Crippen molar-refractivity contribution in [1.29, 1.82) is 0 Å². The first-order valence-electron chi connectivity index (χ1n) is 6.19. The van der Waals surface area contributed by atoms with Crippen LogP contribution in [0, 0.1) is 6.92 Å². The number of nitrogens with one attached hydrogen (secondary N) is 2. The van der Waals surface area contributed by atoms with E-state index in [0.29, 0.717) is 6.54 Å². The van der Waals surface area contributed by atoms with Gasteiger partial charge in [0.15, 0.2) is 0 Å². The molecule has 0 bridgehead atoms. The lowest BCUT2D eigenvalue weighted by atomic mass is 10.1. The Morgan fingerprint density at radius 2 is 2.11 bits per heavy atom. The Labute approximate surface area is 111 Å². The first-order chi connectivity index (χ1) is 9.26. The van der Waals surface area contributed by atoms with Crippen molar-refractivity contribution in [2.24, 2.45) is 0 Å². The van der Waals surface area contributed by atoms with Crippen molar-refractivity contribution in [2.75, 3.05) is 7.05 Å². The quantitative estimate of drug-likeness (QED) is 0.749. The van der Waals surface area contributed by atoms with E-state index < -0.39 is 0 Å². The lowest BCUT2D eigenvalue weighted by Gasteiger charge is -2.06. The fourth-order valence-corrected chi connectivity index (χ4v) is 2.11. The molecule has 2 aromatic heterocycles. The number of hydrogen-bond donors (Lipinski definition) is 2. The summed E-state index contributed by atoms with van der Waals surface area (Å²) < 4.78 is 0. The summed E-state index contributed by atoms with van der Waals surface area (Å²) in [4.78, 5) is 16.3. The molecule has 5 nitrogen and oxygen atoms in total. The molecule has 0 aliphatic carbocycles. The number of aromatic nitrogens is 4. The number of imidazole rings is 1. The highest BCUT2D eigenvalue weighted by Crippen LogP contribution is 2.21. The summed E-state index contributed by atoms with van der Waals surface area (Å²) in [5.74, 6) is 0.808. The molecule has 5 heteroatoms. The molecular weight excluding hydrogens is 238 g/mol. The number of benzene rings is 1. The van der Waals surface area contributed by atoms with Crippen LogP contribution in [0.15, 0.2) is 30.6 Å². The standard InChI is InChI=1S/C14H15N5/c1-9-5-12(19-14(18-9)7-15-2)10-3-4-11-13(6-10)17-8-16-11/h3-6,8,15H,7H2,1-2H3,(H,16,17). The summed E-state index contributed by atoms with van der Waals surface area (Å²) in [6.45, 7) is 2.65. The number of fused-ring (bicyclic) bond motifs is 1. The van der Waals surface area contributed by atoms with Gasteiger partial charge in [-0.05, 0) is 32.2 Å². The highest BCUT2D eigenvalue weighted by molar-refractivity contribution is 5.80. The van der Waals surface area contributed by atoms with Crippen LogP contribution in [0.4, 0.5) is 0 Å². The van der Waals surface area contributed by atoms with Gasteiger partial charge in [-0.1, -0.05) is 6.07 Å². The van der Waals surface area contributed by atoms with Crippen LogP contribution in [0.2, 0.25) is 0 Å². The van der Waals surface area contributed by atoms with E-state index in [-0.39, 0.29) is 0 Å². The van der Waals surface area contributed by atoms with Crippen molar-refractivity contribution in [3.8, 4) is 11.3 Å². The van der Waals surface area contributed by atoms with E-state index >= 15 is 0 Å². The van der Waals surface area contributed by atoms with Gasteiger partial charge in [-0.25, -0.2) is 15.0 Å². The van der Waals surface area contributed by atoms with Crippen LogP contribution in [-0.2, 0) is 6.54 Å². The predicted octanol–water partition coefficient (Wildman–Crippen LogP) is 2.05. The van der Waals surface area contributed by atoms with E-state index in [9.17, 15) is 0 Å². The number of rotatable bonds is 3. The summed E-state index contributed by atoms with van der Waals surface area (Å²) in [5.41, 5.74) is 4.96. The van der Waals surface area contributed by atoms with Gasteiger partial charge in [0.1, 0.15) is 5.82 Å². The fraction of sp³-hybridized carbons (Fsp3) is 0.214. The van der Waals surface area contributed by atoms with Gasteiger partial charge in [-0.2, -0.15) is 0 Å². The summed E-state index contributed by atoms with van der Waals surface area (Å²) in [6.07, 6.45) is 1.70. The van der Waals surface area contributed by atoms with Crippen LogP contribution in [-0.4, -0.2) is 27.0 Å². The van der Waals surface area contributed by atoms with Gasteiger partial charge in [-0.3, -0.25) is 0 Å². The molecule has 0 spiro atoms. The minimum Gasteiger partial charge on any atom is -0.345 e. The summed E-state index contributed by atoms with van der Waals surface area (Å²) >= 11 is 0. The molecule has 2 N–H and O–H groups in total. The molecule has 0 unspecified atom stereocenters. The van der Waals surface area contributed by atoms with Crippen molar-refractivity contribution in [3.63, 3.8) is 0 Å². The monoisotopic (exact) mass is 253 g/mol.